The second-order valence-corrected chi connectivity index (χ2v) is 6.14. The lowest BCUT2D eigenvalue weighted by Crippen LogP contribution is -2.47. The molecule has 2 aliphatic rings. The van der Waals surface area contributed by atoms with Crippen LogP contribution in [0.5, 0.6) is 0 Å². The average Bonchev–Trinajstić information content (AvgIpc) is 2.52. The molecular formula is C14H26N2O. The van der Waals surface area contributed by atoms with Gasteiger partial charge in [-0.15, -0.1) is 0 Å². The lowest BCUT2D eigenvalue weighted by atomic mass is 10.0. The summed E-state index contributed by atoms with van der Waals surface area (Å²) >= 11 is 0. The second kappa shape index (κ2) is 5.38. The third-order valence-corrected chi connectivity index (χ3v) is 4.30. The highest BCUT2D eigenvalue weighted by Crippen LogP contribution is 2.29. The van der Waals surface area contributed by atoms with Crippen molar-refractivity contribution in [1.29, 1.82) is 0 Å². The quantitative estimate of drug-likeness (QED) is 0.749. The lowest BCUT2D eigenvalue weighted by molar-refractivity contribution is -0.131. The van der Waals surface area contributed by atoms with Crippen LogP contribution in [-0.4, -0.2) is 29.6 Å². The van der Waals surface area contributed by atoms with Gasteiger partial charge in [0, 0.05) is 6.04 Å². The van der Waals surface area contributed by atoms with Gasteiger partial charge in [-0.2, -0.15) is 0 Å². The summed E-state index contributed by atoms with van der Waals surface area (Å²) in [6.07, 6.45) is 6.54. The van der Waals surface area contributed by atoms with Crippen LogP contribution in [-0.2, 0) is 4.79 Å². The van der Waals surface area contributed by atoms with Crippen molar-refractivity contribution >= 4 is 5.91 Å². The van der Waals surface area contributed by atoms with Crippen molar-refractivity contribution < 1.29 is 4.79 Å². The molecule has 2 rings (SSSR count). The van der Waals surface area contributed by atoms with Crippen molar-refractivity contribution in [3.8, 4) is 0 Å². The van der Waals surface area contributed by atoms with Crippen LogP contribution in [0.15, 0.2) is 0 Å². The van der Waals surface area contributed by atoms with Crippen LogP contribution in [0.4, 0.5) is 0 Å². The summed E-state index contributed by atoms with van der Waals surface area (Å²) in [6, 6.07) is 0.481. The van der Waals surface area contributed by atoms with Gasteiger partial charge in [-0.1, -0.05) is 33.6 Å². The van der Waals surface area contributed by atoms with Crippen molar-refractivity contribution in [3.05, 3.63) is 0 Å². The first kappa shape index (κ1) is 12.9. The molecule has 98 valence electrons. The maximum atomic E-state index is 12.0. The minimum atomic E-state index is 0.265. The highest BCUT2D eigenvalue weighted by atomic mass is 16.2. The standard InChI is InChI=1S/C14H26N2O/c1-10(2)14-15-9-13(17)16(14)12-6-4-5-11(3)7-8-12/h10-12,14-15H,4-9H2,1-3H3. The molecule has 0 bridgehead atoms. The number of carbonyl (C=O) groups excluding carboxylic acids is 1. The molecule has 1 aliphatic heterocycles. The Balaban J connectivity index is 2.05. The smallest absolute Gasteiger partial charge is 0.238 e. The van der Waals surface area contributed by atoms with E-state index in [-0.39, 0.29) is 6.17 Å². The predicted molar refractivity (Wildman–Crippen MR) is 69.5 cm³/mol. The summed E-state index contributed by atoms with van der Waals surface area (Å²) in [5, 5.41) is 3.36. The van der Waals surface area contributed by atoms with Crippen LogP contribution in [0, 0.1) is 11.8 Å². The number of carbonyl (C=O) groups is 1. The second-order valence-electron chi connectivity index (χ2n) is 6.14. The summed E-state index contributed by atoms with van der Waals surface area (Å²) in [5.41, 5.74) is 0. The van der Waals surface area contributed by atoms with Gasteiger partial charge in [-0.25, -0.2) is 0 Å². The third-order valence-electron chi connectivity index (χ3n) is 4.30. The lowest BCUT2D eigenvalue weighted by Gasteiger charge is -2.34. The Morgan fingerprint density at radius 1 is 1.24 bits per heavy atom. The number of hydrogen-bond acceptors (Lipinski definition) is 2. The van der Waals surface area contributed by atoms with Gasteiger partial charge in [0.2, 0.25) is 5.91 Å². The molecule has 2 fully saturated rings. The van der Waals surface area contributed by atoms with Gasteiger partial charge in [0.15, 0.2) is 0 Å². The van der Waals surface area contributed by atoms with E-state index in [1.165, 1.54) is 32.1 Å². The number of rotatable bonds is 2. The first-order chi connectivity index (χ1) is 8.09. The first-order valence-electron chi connectivity index (χ1n) is 7.14. The van der Waals surface area contributed by atoms with E-state index < -0.39 is 0 Å². The summed E-state index contributed by atoms with van der Waals surface area (Å²) in [5.74, 6) is 1.65. The molecule has 1 saturated carbocycles. The molecule has 17 heavy (non-hydrogen) atoms. The van der Waals surface area contributed by atoms with Crippen molar-refractivity contribution in [2.24, 2.45) is 11.8 Å². The maximum Gasteiger partial charge on any atom is 0.238 e. The molecular weight excluding hydrogens is 212 g/mol. The van der Waals surface area contributed by atoms with E-state index in [1.54, 1.807) is 0 Å². The number of nitrogens with one attached hydrogen (secondary N) is 1. The molecule has 3 atom stereocenters. The minimum Gasteiger partial charge on any atom is -0.323 e. The minimum absolute atomic E-state index is 0.265. The summed E-state index contributed by atoms with van der Waals surface area (Å²) < 4.78 is 0. The predicted octanol–water partition coefficient (Wildman–Crippen LogP) is 2.37. The topological polar surface area (TPSA) is 32.3 Å². The Morgan fingerprint density at radius 2 is 2.00 bits per heavy atom. The highest BCUT2D eigenvalue weighted by molar-refractivity contribution is 5.81. The monoisotopic (exact) mass is 238 g/mol. The fraction of sp³-hybridized carbons (Fsp3) is 0.929. The molecule has 3 nitrogen and oxygen atoms in total. The SMILES string of the molecule is CC1CCCC(N2C(=O)CNC2C(C)C)CC1. The van der Waals surface area contributed by atoms with Gasteiger partial charge in [-0.05, 0) is 31.1 Å². The zero-order valence-electron chi connectivity index (χ0n) is 11.4. The van der Waals surface area contributed by atoms with Crippen LogP contribution >= 0.6 is 0 Å². The number of amides is 1. The van der Waals surface area contributed by atoms with Gasteiger partial charge >= 0.3 is 0 Å². The van der Waals surface area contributed by atoms with E-state index in [0.29, 0.717) is 24.4 Å². The Bertz CT molecular complexity index is 277. The van der Waals surface area contributed by atoms with E-state index in [4.69, 9.17) is 0 Å². The Morgan fingerprint density at radius 3 is 2.71 bits per heavy atom. The Labute approximate surface area is 105 Å². The van der Waals surface area contributed by atoms with Crippen molar-refractivity contribution in [3.63, 3.8) is 0 Å². The molecule has 1 amide bonds. The van der Waals surface area contributed by atoms with Crippen molar-refractivity contribution in [2.45, 2.75) is 65.1 Å². The Kier molecular flexibility index (Phi) is 4.08. The molecule has 1 heterocycles. The summed E-state index contributed by atoms with van der Waals surface area (Å²) in [4.78, 5) is 14.2. The van der Waals surface area contributed by atoms with Gasteiger partial charge in [0.25, 0.3) is 0 Å². The zero-order chi connectivity index (χ0) is 12.4. The van der Waals surface area contributed by atoms with Crippen LogP contribution in [0.25, 0.3) is 0 Å². The van der Waals surface area contributed by atoms with Crippen molar-refractivity contribution in [2.75, 3.05) is 6.54 Å². The summed E-state index contributed by atoms with van der Waals surface area (Å²) in [7, 11) is 0. The van der Waals surface area contributed by atoms with Gasteiger partial charge in [0.1, 0.15) is 0 Å². The number of nitrogens with zero attached hydrogens (tertiary/aromatic N) is 1. The van der Waals surface area contributed by atoms with Crippen LogP contribution in [0.2, 0.25) is 0 Å². The molecule has 0 aromatic rings. The van der Waals surface area contributed by atoms with Gasteiger partial charge in [0.05, 0.1) is 12.7 Å². The van der Waals surface area contributed by atoms with Gasteiger partial charge in [-0.3, -0.25) is 10.1 Å². The molecule has 0 spiro atoms. The van der Waals surface area contributed by atoms with E-state index in [0.717, 1.165) is 5.92 Å². The van der Waals surface area contributed by atoms with Crippen molar-refractivity contribution in [1.82, 2.24) is 10.2 Å². The van der Waals surface area contributed by atoms with Crippen LogP contribution < -0.4 is 5.32 Å². The first-order valence-corrected chi connectivity index (χ1v) is 7.14. The van der Waals surface area contributed by atoms with E-state index in [2.05, 4.69) is 31.0 Å². The zero-order valence-corrected chi connectivity index (χ0v) is 11.4. The summed E-state index contributed by atoms with van der Waals surface area (Å²) in [6.45, 7) is 7.27. The molecule has 0 radical (unpaired) electrons. The normalized spacial score (nSPS) is 35.4. The third kappa shape index (κ3) is 2.82. The Hall–Kier alpha value is -0.570. The molecule has 0 aromatic heterocycles. The molecule has 0 aromatic carbocycles. The molecule has 1 aliphatic carbocycles. The molecule has 1 N–H and O–H groups in total. The molecule has 3 heteroatoms. The molecule has 3 unspecified atom stereocenters. The van der Waals surface area contributed by atoms with E-state index in [1.807, 2.05) is 0 Å². The number of hydrogen-bond donors (Lipinski definition) is 1. The van der Waals surface area contributed by atoms with E-state index >= 15 is 0 Å². The fourth-order valence-electron chi connectivity index (χ4n) is 3.27. The van der Waals surface area contributed by atoms with E-state index in [9.17, 15) is 4.79 Å². The average molecular weight is 238 g/mol. The largest absolute Gasteiger partial charge is 0.323 e. The van der Waals surface area contributed by atoms with Gasteiger partial charge < -0.3 is 4.90 Å². The van der Waals surface area contributed by atoms with Crippen LogP contribution in [0.3, 0.4) is 0 Å². The highest BCUT2D eigenvalue weighted by Gasteiger charge is 2.37. The molecule has 1 saturated heterocycles. The maximum absolute atomic E-state index is 12.0. The van der Waals surface area contributed by atoms with Crippen LogP contribution in [0.1, 0.15) is 52.9 Å². The fourth-order valence-corrected chi connectivity index (χ4v) is 3.27.